The number of rotatable bonds is 3. The first-order valence-corrected chi connectivity index (χ1v) is 17.7. The van der Waals surface area contributed by atoms with Crippen molar-refractivity contribution in [1.29, 1.82) is 0 Å². The van der Waals surface area contributed by atoms with Gasteiger partial charge in [-0.2, -0.15) is 0 Å². The molecular weight excluding hydrogens is 637 g/mol. The van der Waals surface area contributed by atoms with Gasteiger partial charge in [-0.15, -0.1) is 0 Å². The maximum atomic E-state index is 6.65. The van der Waals surface area contributed by atoms with Crippen molar-refractivity contribution in [3.63, 3.8) is 0 Å². The molecule has 0 N–H and O–H groups in total. The van der Waals surface area contributed by atoms with Crippen LogP contribution >= 0.6 is 0 Å². The highest BCUT2D eigenvalue weighted by molar-refractivity contribution is 6.24. The molecule has 0 bridgehead atoms. The Morgan fingerprint density at radius 1 is 0.327 bits per heavy atom. The lowest BCUT2D eigenvalue weighted by atomic mass is 10.0. The first-order valence-electron chi connectivity index (χ1n) is 17.7. The van der Waals surface area contributed by atoms with Crippen molar-refractivity contribution in [3.05, 3.63) is 170 Å². The van der Waals surface area contributed by atoms with Crippen LogP contribution in [0.1, 0.15) is 0 Å². The highest BCUT2D eigenvalue weighted by atomic mass is 16.3. The molecule has 0 aliphatic heterocycles. The standard InChI is InChI=1S/C48H28N2O2/c1-5-16-40-33(10-1)34-11-2-6-17-41(34)50(40)31-24-25-39-43(28-31)49(42-27-26-38-36-13-4-8-19-45(36)52-48(38)46(39)42)30-22-20-29(21-23-30)32-14-9-15-37-35-12-3-7-18-44(35)51-47(32)37/h1-28H. The Balaban J connectivity index is 1.12. The van der Waals surface area contributed by atoms with Crippen LogP contribution in [0.15, 0.2) is 179 Å². The molecular formula is C48H28N2O2. The molecule has 0 saturated carbocycles. The number of benzene rings is 8. The van der Waals surface area contributed by atoms with Crippen LogP contribution in [0.5, 0.6) is 0 Å². The van der Waals surface area contributed by atoms with E-state index >= 15 is 0 Å². The lowest BCUT2D eigenvalue weighted by molar-refractivity contribution is 0.670. The van der Waals surface area contributed by atoms with Crippen LogP contribution in [-0.2, 0) is 0 Å². The minimum atomic E-state index is 0.900. The van der Waals surface area contributed by atoms with E-state index in [0.29, 0.717) is 0 Å². The van der Waals surface area contributed by atoms with Crippen LogP contribution in [0.4, 0.5) is 0 Å². The van der Waals surface area contributed by atoms with E-state index < -0.39 is 0 Å². The number of aromatic nitrogens is 2. The largest absolute Gasteiger partial charge is 0.455 e. The lowest BCUT2D eigenvalue weighted by Gasteiger charge is -2.12. The molecule has 0 aliphatic rings. The summed E-state index contributed by atoms with van der Waals surface area (Å²) in [6, 6.07) is 60.6. The van der Waals surface area contributed by atoms with E-state index in [4.69, 9.17) is 8.83 Å². The Morgan fingerprint density at radius 2 is 0.865 bits per heavy atom. The molecule has 0 radical (unpaired) electrons. The smallest absolute Gasteiger partial charge is 0.145 e. The molecule has 0 spiro atoms. The molecule has 4 heterocycles. The SMILES string of the molecule is c1ccc2c(c1)oc1c(-c3ccc(-n4c5cc(-n6c7ccccc7c7ccccc76)ccc5c5c6oc7ccccc7c6ccc54)cc3)cccc12. The molecule has 4 nitrogen and oxygen atoms in total. The molecule has 242 valence electrons. The van der Waals surface area contributed by atoms with Crippen molar-refractivity contribution in [2.24, 2.45) is 0 Å². The van der Waals surface area contributed by atoms with Crippen LogP contribution in [0.3, 0.4) is 0 Å². The molecule has 0 unspecified atom stereocenters. The van der Waals surface area contributed by atoms with Gasteiger partial charge in [0.15, 0.2) is 0 Å². The molecule has 0 aliphatic carbocycles. The van der Waals surface area contributed by atoms with Gasteiger partial charge >= 0.3 is 0 Å². The number of hydrogen-bond acceptors (Lipinski definition) is 2. The van der Waals surface area contributed by atoms with Gasteiger partial charge in [0.25, 0.3) is 0 Å². The van der Waals surface area contributed by atoms with E-state index in [1.807, 2.05) is 18.2 Å². The van der Waals surface area contributed by atoms with Gasteiger partial charge in [0.2, 0.25) is 0 Å². The number of para-hydroxylation sites is 5. The third-order valence-electron chi connectivity index (χ3n) is 10.9. The first kappa shape index (κ1) is 27.7. The van der Waals surface area contributed by atoms with Gasteiger partial charge in [0.1, 0.15) is 22.3 Å². The van der Waals surface area contributed by atoms with Crippen LogP contribution in [0, 0.1) is 0 Å². The average molecular weight is 665 g/mol. The van der Waals surface area contributed by atoms with E-state index in [9.17, 15) is 0 Å². The van der Waals surface area contributed by atoms with Gasteiger partial charge in [-0.25, -0.2) is 0 Å². The second-order valence-electron chi connectivity index (χ2n) is 13.7. The van der Waals surface area contributed by atoms with Gasteiger partial charge in [-0.3, -0.25) is 0 Å². The zero-order valence-corrected chi connectivity index (χ0v) is 27.9. The molecule has 4 heteroatoms. The van der Waals surface area contributed by atoms with E-state index in [0.717, 1.165) is 88.2 Å². The van der Waals surface area contributed by atoms with Gasteiger partial charge in [-0.1, -0.05) is 103 Å². The Labute approximate surface area is 296 Å². The molecule has 0 fully saturated rings. The van der Waals surface area contributed by atoms with E-state index in [1.54, 1.807) is 0 Å². The maximum Gasteiger partial charge on any atom is 0.145 e. The third-order valence-corrected chi connectivity index (χ3v) is 10.9. The number of fused-ring (bicyclic) bond motifs is 13. The fraction of sp³-hybridized carbons (Fsp3) is 0. The Morgan fingerprint density at radius 3 is 1.58 bits per heavy atom. The molecule has 0 saturated heterocycles. The summed E-state index contributed by atoms with van der Waals surface area (Å²) in [4.78, 5) is 0. The summed E-state index contributed by atoms with van der Waals surface area (Å²) < 4.78 is 17.8. The molecule has 12 aromatic rings. The normalized spacial score (nSPS) is 12.2. The van der Waals surface area contributed by atoms with Crippen LogP contribution in [0.2, 0.25) is 0 Å². The predicted molar refractivity (Wildman–Crippen MR) is 215 cm³/mol. The fourth-order valence-corrected chi connectivity index (χ4v) is 8.65. The molecule has 12 rings (SSSR count). The van der Waals surface area contributed by atoms with Crippen molar-refractivity contribution in [3.8, 4) is 22.5 Å². The lowest BCUT2D eigenvalue weighted by Crippen LogP contribution is -1.97. The third kappa shape index (κ3) is 3.70. The number of hydrogen-bond donors (Lipinski definition) is 0. The quantitative estimate of drug-likeness (QED) is 0.188. The second kappa shape index (κ2) is 10.3. The summed E-state index contributed by atoms with van der Waals surface area (Å²) in [5.74, 6) is 0. The van der Waals surface area contributed by atoms with E-state index in [1.165, 1.54) is 21.8 Å². The van der Waals surface area contributed by atoms with Crippen molar-refractivity contribution in [1.82, 2.24) is 9.13 Å². The van der Waals surface area contributed by atoms with E-state index in [2.05, 4.69) is 161 Å². The molecule has 0 atom stereocenters. The molecule has 52 heavy (non-hydrogen) atoms. The van der Waals surface area contributed by atoms with Crippen molar-refractivity contribution < 1.29 is 8.83 Å². The molecule has 8 aromatic carbocycles. The summed E-state index contributed by atoms with van der Waals surface area (Å²) in [5.41, 5.74) is 12.6. The minimum absolute atomic E-state index is 0.900. The Kier molecular flexibility index (Phi) is 5.47. The van der Waals surface area contributed by atoms with Gasteiger partial charge in [0.05, 0.1) is 27.5 Å². The highest BCUT2D eigenvalue weighted by Gasteiger charge is 2.21. The highest BCUT2D eigenvalue weighted by Crippen LogP contribution is 2.43. The van der Waals surface area contributed by atoms with Crippen molar-refractivity contribution in [2.75, 3.05) is 0 Å². The average Bonchev–Trinajstić information content (AvgIpc) is 3.95. The summed E-state index contributed by atoms with van der Waals surface area (Å²) in [7, 11) is 0. The number of furan rings is 2. The summed E-state index contributed by atoms with van der Waals surface area (Å²) in [6.45, 7) is 0. The summed E-state index contributed by atoms with van der Waals surface area (Å²) >= 11 is 0. The zero-order valence-electron chi connectivity index (χ0n) is 27.9. The van der Waals surface area contributed by atoms with Gasteiger partial charge in [0, 0.05) is 54.6 Å². The number of nitrogens with zero attached hydrogens (tertiary/aromatic N) is 2. The summed E-state index contributed by atoms with van der Waals surface area (Å²) in [5, 5.41) is 9.29. The van der Waals surface area contributed by atoms with Crippen LogP contribution in [0.25, 0.3) is 110 Å². The summed E-state index contributed by atoms with van der Waals surface area (Å²) in [6.07, 6.45) is 0. The minimum Gasteiger partial charge on any atom is -0.455 e. The fourth-order valence-electron chi connectivity index (χ4n) is 8.65. The Bertz CT molecular complexity index is 3350. The second-order valence-corrected chi connectivity index (χ2v) is 13.7. The zero-order chi connectivity index (χ0) is 33.9. The van der Waals surface area contributed by atoms with Crippen molar-refractivity contribution in [2.45, 2.75) is 0 Å². The monoisotopic (exact) mass is 664 g/mol. The first-order chi connectivity index (χ1) is 25.8. The predicted octanol–water partition coefficient (Wildman–Crippen LogP) is 13.3. The Hall–Kier alpha value is -7.04. The van der Waals surface area contributed by atoms with Gasteiger partial charge < -0.3 is 18.0 Å². The van der Waals surface area contributed by atoms with Crippen molar-refractivity contribution >= 4 is 87.5 Å². The van der Waals surface area contributed by atoms with Crippen LogP contribution < -0.4 is 0 Å². The molecule has 0 amide bonds. The van der Waals surface area contributed by atoms with E-state index in [-0.39, 0.29) is 0 Å². The molecule has 4 aromatic heterocycles. The van der Waals surface area contributed by atoms with Crippen LogP contribution in [-0.4, -0.2) is 9.13 Å². The topological polar surface area (TPSA) is 36.1 Å². The maximum absolute atomic E-state index is 6.65. The van der Waals surface area contributed by atoms with Gasteiger partial charge in [-0.05, 0) is 72.3 Å².